The molecule has 3 rings (SSSR count). The largest absolute Gasteiger partial charge is 0.444 e. The average Bonchev–Trinajstić information content (AvgIpc) is 2.77. The number of benzene rings is 2. The maximum absolute atomic E-state index is 14.2. The number of nitrogens with one attached hydrogen (secondary N) is 2. The van der Waals surface area contributed by atoms with Gasteiger partial charge in [-0.2, -0.15) is 0 Å². The molecule has 200 valence electrons. The minimum Gasteiger partial charge on any atom is -0.444 e. The van der Waals surface area contributed by atoms with E-state index in [0.29, 0.717) is 0 Å². The van der Waals surface area contributed by atoms with E-state index < -0.39 is 23.8 Å². The van der Waals surface area contributed by atoms with Crippen LogP contribution in [-0.2, 0) is 14.3 Å². The topological polar surface area (TPSA) is 87.7 Å². The van der Waals surface area contributed by atoms with Crippen LogP contribution >= 0.6 is 0 Å². The number of carbonyl (C=O) groups excluding carboxylic acids is 3. The zero-order valence-corrected chi connectivity index (χ0v) is 23.1. The summed E-state index contributed by atoms with van der Waals surface area (Å²) in [5.74, 6) is -0.764. The summed E-state index contributed by atoms with van der Waals surface area (Å²) in [7, 11) is 0. The van der Waals surface area contributed by atoms with E-state index in [2.05, 4.69) is 10.6 Å². The molecule has 1 aliphatic rings. The molecule has 7 heteroatoms. The highest BCUT2D eigenvalue weighted by Crippen LogP contribution is 2.35. The third-order valence-corrected chi connectivity index (χ3v) is 6.70. The minimum absolute atomic E-state index is 0.0943. The standard InChI is InChI=1S/C30H41N3O4/c1-19(2)24(32-29(36)37-30(5,6)7)28(35)33(23-17-12-18-23)26(22-15-9-8-10-16-22)27(34)31-25-20(3)13-11-14-21(25)4/h8-11,13-16,19,23-24,26H,12,17-18H2,1-7H3,(H,31,34)(H,32,36). The lowest BCUT2D eigenvalue weighted by Crippen LogP contribution is -2.58. The highest BCUT2D eigenvalue weighted by molar-refractivity contribution is 6.00. The molecular weight excluding hydrogens is 466 g/mol. The molecule has 1 saturated carbocycles. The van der Waals surface area contributed by atoms with Crippen molar-refractivity contribution in [1.82, 2.24) is 10.2 Å². The van der Waals surface area contributed by atoms with Crippen molar-refractivity contribution in [2.75, 3.05) is 5.32 Å². The summed E-state index contributed by atoms with van der Waals surface area (Å²) in [6, 6.07) is 13.5. The maximum Gasteiger partial charge on any atom is 0.408 e. The molecule has 3 amide bonds. The van der Waals surface area contributed by atoms with Gasteiger partial charge in [-0.05, 0) is 76.5 Å². The second-order valence-electron chi connectivity index (χ2n) is 11.3. The smallest absolute Gasteiger partial charge is 0.408 e. The Morgan fingerprint density at radius 1 is 0.946 bits per heavy atom. The van der Waals surface area contributed by atoms with Crippen molar-refractivity contribution in [3.8, 4) is 0 Å². The molecule has 2 N–H and O–H groups in total. The summed E-state index contributed by atoms with van der Waals surface area (Å²) >= 11 is 0. The van der Waals surface area contributed by atoms with Crippen LogP contribution in [-0.4, -0.2) is 40.5 Å². The number of para-hydroxylation sites is 1. The Balaban J connectivity index is 2.01. The molecule has 0 spiro atoms. The van der Waals surface area contributed by atoms with Crippen molar-refractivity contribution in [2.24, 2.45) is 5.92 Å². The van der Waals surface area contributed by atoms with Gasteiger partial charge in [0.2, 0.25) is 5.91 Å². The van der Waals surface area contributed by atoms with Crippen molar-refractivity contribution in [3.05, 3.63) is 65.2 Å². The summed E-state index contributed by atoms with van der Waals surface area (Å²) in [5, 5.41) is 5.90. The second kappa shape index (κ2) is 11.8. The van der Waals surface area contributed by atoms with Gasteiger partial charge in [0.1, 0.15) is 17.7 Å². The maximum atomic E-state index is 14.2. The van der Waals surface area contributed by atoms with Crippen molar-refractivity contribution in [2.45, 2.75) is 91.5 Å². The van der Waals surface area contributed by atoms with Gasteiger partial charge in [0, 0.05) is 11.7 Å². The number of hydrogen-bond acceptors (Lipinski definition) is 4. The fraction of sp³-hybridized carbons (Fsp3) is 0.500. The lowest BCUT2D eigenvalue weighted by Gasteiger charge is -2.44. The lowest BCUT2D eigenvalue weighted by molar-refractivity contribution is -0.146. The summed E-state index contributed by atoms with van der Waals surface area (Å²) in [5.41, 5.74) is 2.69. The Bertz CT molecular complexity index is 1080. The van der Waals surface area contributed by atoms with Crippen LogP contribution in [0.2, 0.25) is 0 Å². The van der Waals surface area contributed by atoms with Crippen LogP contribution in [0.25, 0.3) is 0 Å². The van der Waals surface area contributed by atoms with Crippen LogP contribution in [0.4, 0.5) is 10.5 Å². The average molecular weight is 508 g/mol. The number of hydrogen-bond donors (Lipinski definition) is 2. The van der Waals surface area contributed by atoms with Gasteiger partial charge in [-0.3, -0.25) is 9.59 Å². The molecule has 0 bridgehead atoms. The fourth-order valence-corrected chi connectivity index (χ4v) is 4.57. The monoisotopic (exact) mass is 507 g/mol. The van der Waals surface area contributed by atoms with Crippen molar-refractivity contribution >= 4 is 23.6 Å². The third-order valence-electron chi connectivity index (χ3n) is 6.70. The molecule has 0 radical (unpaired) electrons. The van der Waals surface area contributed by atoms with E-state index >= 15 is 0 Å². The summed E-state index contributed by atoms with van der Waals surface area (Å²) in [6.07, 6.45) is 1.95. The molecular formula is C30H41N3O4. The van der Waals surface area contributed by atoms with E-state index in [1.54, 1.807) is 25.7 Å². The third kappa shape index (κ3) is 7.12. The quantitative estimate of drug-likeness (QED) is 0.465. The first-order valence-corrected chi connectivity index (χ1v) is 13.1. The van der Waals surface area contributed by atoms with Crippen LogP contribution in [0.5, 0.6) is 0 Å². The number of amides is 3. The van der Waals surface area contributed by atoms with Gasteiger partial charge in [0.05, 0.1) is 0 Å². The van der Waals surface area contributed by atoms with Gasteiger partial charge >= 0.3 is 6.09 Å². The lowest BCUT2D eigenvalue weighted by atomic mass is 9.87. The molecule has 2 unspecified atom stereocenters. The first-order valence-electron chi connectivity index (χ1n) is 13.1. The Labute approximate surface area is 221 Å². The molecule has 2 atom stereocenters. The Morgan fingerprint density at radius 2 is 1.54 bits per heavy atom. The van der Waals surface area contributed by atoms with E-state index in [-0.39, 0.29) is 23.8 Å². The first kappa shape index (κ1) is 28.2. The molecule has 2 aromatic carbocycles. The second-order valence-corrected chi connectivity index (χ2v) is 11.3. The van der Waals surface area contributed by atoms with Crippen LogP contribution < -0.4 is 10.6 Å². The molecule has 1 fully saturated rings. The summed E-state index contributed by atoms with van der Waals surface area (Å²) in [4.78, 5) is 42.6. The predicted molar refractivity (Wildman–Crippen MR) is 146 cm³/mol. The zero-order valence-electron chi connectivity index (χ0n) is 23.1. The normalized spacial score (nSPS) is 15.4. The molecule has 7 nitrogen and oxygen atoms in total. The number of alkyl carbamates (subject to hydrolysis) is 1. The molecule has 0 aliphatic heterocycles. The number of aryl methyl sites for hydroxylation is 2. The fourth-order valence-electron chi connectivity index (χ4n) is 4.57. The summed E-state index contributed by atoms with van der Waals surface area (Å²) < 4.78 is 5.45. The molecule has 1 aliphatic carbocycles. The molecule has 0 aromatic heterocycles. The highest BCUT2D eigenvalue weighted by atomic mass is 16.6. The van der Waals surface area contributed by atoms with Crippen molar-refractivity contribution < 1.29 is 19.1 Å². The van der Waals surface area contributed by atoms with Gasteiger partial charge in [-0.1, -0.05) is 62.4 Å². The van der Waals surface area contributed by atoms with E-state index in [4.69, 9.17) is 4.74 Å². The predicted octanol–water partition coefficient (Wildman–Crippen LogP) is 5.91. The highest BCUT2D eigenvalue weighted by Gasteiger charge is 2.42. The number of ether oxygens (including phenoxy) is 1. The Hall–Kier alpha value is -3.35. The van der Waals surface area contributed by atoms with Gasteiger partial charge in [0.25, 0.3) is 5.91 Å². The Morgan fingerprint density at radius 3 is 2.03 bits per heavy atom. The van der Waals surface area contributed by atoms with Crippen LogP contribution in [0.1, 0.15) is 76.6 Å². The van der Waals surface area contributed by atoms with Gasteiger partial charge in [-0.15, -0.1) is 0 Å². The molecule has 2 aromatic rings. The van der Waals surface area contributed by atoms with Gasteiger partial charge in [0.15, 0.2) is 0 Å². The van der Waals surface area contributed by atoms with Gasteiger partial charge < -0.3 is 20.3 Å². The van der Waals surface area contributed by atoms with E-state index in [1.165, 1.54) is 0 Å². The van der Waals surface area contributed by atoms with E-state index in [1.807, 2.05) is 76.2 Å². The minimum atomic E-state index is -0.848. The summed E-state index contributed by atoms with van der Waals surface area (Å²) in [6.45, 7) is 13.0. The van der Waals surface area contributed by atoms with Crippen LogP contribution in [0.3, 0.4) is 0 Å². The zero-order chi connectivity index (χ0) is 27.3. The van der Waals surface area contributed by atoms with Crippen molar-refractivity contribution in [1.29, 1.82) is 0 Å². The van der Waals surface area contributed by atoms with Crippen LogP contribution in [0, 0.1) is 19.8 Å². The first-order chi connectivity index (χ1) is 17.4. The van der Waals surface area contributed by atoms with E-state index in [0.717, 1.165) is 41.6 Å². The van der Waals surface area contributed by atoms with Crippen LogP contribution in [0.15, 0.2) is 48.5 Å². The van der Waals surface area contributed by atoms with Crippen molar-refractivity contribution in [3.63, 3.8) is 0 Å². The molecule has 37 heavy (non-hydrogen) atoms. The Kier molecular flexibility index (Phi) is 9.00. The van der Waals surface area contributed by atoms with E-state index in [9.17, 15) is 14.4 Å². The number of anilines is 1. The number of rotatable bonds is 8. The number of nitrogens with zero attached hydrogens (tertiary/aromatic N) is 1. The SMILES string of the molecule is Cc1cccc(C)c1NC(=O)C(c1ccccc1)N(C(=O)C(NC(=O)OC(C)(C)C)C(C)C)C1CCC1. The molecule has 0 heterocycles. The number of carbonyl (C=O) groups is 3. The van der Waals surface area contributed by atoms with Gasteiger partial charge in [-0.25, -0.2) is 4.79 Å². The molecule has 0 saturated heterocycles.